The number of rotatable bonds is 5. The smallest absolute Gasteiger partial charge is 0 e. The SMILES string of the molecule is CCn1c(-c2[c-]ccc3c2oc2ccccc23)nc2ccccc21.[2H]C([2H])([2H])c1c[c-]c(-c2cc(C([2H])(C)C)[c]([Ge]([CH3])([CH3])[CH3])cn2)cc1.[Ir]. The Morgan fingerprint density at radius 2 is 1.76 bits per heavy atom. The Morgan fingerprint density at radius 1 is 0.978 bits per heavy atom. The van der Waals surface area contributed by atoms with E-state index in [1.807, 2.05) is 68.6 Å². The number of para-hydroxylation sites is 3. The summed E-state index contributed by atoms with van der Waals surface area (Å²) in [6.07, 6.45) is 1.91. The zero-order valence-electron chi connectivity index (χ0n) is 30.5. The summed E-state index contributed by atoms with van der Waals surface area (Å²) in [5.41, 5.74) is 7.56. The summed E-state index contributed by atoms with van der Waals surface area (Å²) in [5.74, 6) is 7.09. The average molecular weight is 835 g/mol. The number of benzene rings is 4. The molecule has 4 aromatic carbocycles. The molecule has 6 heteroatoms. The molecule has 0 aliphatic rings. The summed E-state index contributed by atoms with van der Waals surface area (Å²) < 4.78 is 40.4. The largest absolute Gasteiger partial charge is 0 e. The number of hydrogen-bond donors (Lipinski definition) is 0. The maximum absolute atomic E-state index is 8.49. The van der Waals surface area contributed by atoms with Crippen LogP contribution in [0.3, 0.4) is 0 Å². The van der Waals surface area contributed by atoms with Crippen molar-refractivity contribution in [2.24, 2.45) is 0 Å². The minimum absolute atomic E-state index is 0. The predicted molar refractivity (Wildman–Crippen MR) is 187 cm³/mol. The molecule has 0 N–H and O–H groups in total. The first-order valence-corrected chi connectivity index (χ1v) is 22.3. The molecule has 3 aromatic heterocycles. The molecule has 1 radical (unpaired) electrons. The summed E-state index contributed by atoms with van der Waals surface area (Å²) in [5, 5.41) is 2.23. The second kappa shape index (κ2) is 13.5. The van der Waals surface area contributed by atoms with Gasteiger partial charge in [-0.05, 0) is 25.1 Å². The van der Waals surface area contributed by atoms with Gasteiger partial charge in [0.1, 0.15) is 5.58 Å². The normalized spacial score (nSPS) is 13.4. The van der Waals surface area contributed by atoms with Gasteiger partial charge in [-0.3, -0.25) is 4.98 Å². The van der Waals surface area contributed by atoms with Crippen molar-refractivity contribution in [3.05, 3.63) is 114 Å². The van der Waals surface area contributed by atoms with E-state index in [1.54, 1.807) is 12.1 Å². The first-order chi connectivity index (χ1) is 22.7. The molecule has 0 aliphatic heterocycles. The summed E-state index contributed by atoms with van der Waals surface area (Å²) in [4.78, 5) is 9.42. The van der Waals surface area contributed by atoms with E-state index >= 15 is 0 Å². The third-order valence-electron chi connectivity index (χ3n) is 7.87. The van der Waals surface area contributed by atoms with E-state index in [4.69, 9.17) is 14.9 Å². The van der Waals surface area contributed by atoms with Crippen molar-refractivity contribution < 1.29 is 30.0 Å². The number of aromatic nitrogens is 3. The van der Waals surface area contributed by atoms with Crippen molar-refractivity contribution in [3.8, 4) is 22.6 Å². The molecule has 0 saturated carbocycles. The Balaban J connectivity index is 0.000000187. The van der Waals surface area contributed by atoms with Gasteiger partial charge in [0, 0.05) is 32.0 Å². The van der Waals surface area contributed by atoms with Gasteiger partial charge >= 0.3 is 131 Å². The molecule has 4 nitrogen and oxygen atoms in total. The molecule has 0 amide bonds. The van der Waals surface area contributed by atoms with E-state index in [2.05, 4.69) is 64.1 Å². The van der Waals surface area contributed by atoms with Crippen LogP contribution < -0.4 is 4.40 Å². The predicted octanol–water partition coefficient (Wildman–Crippen LogP) is 9.95. The number of hydrogen-bond acceptors (Lipinski definition) is 3. The molecule has 0 fully saturated rings. The van der Waals surface area contributed by atoms with Gasteiger partial charge in [-0.2, -0.15) is 0 Å². The van der Waals surface area contributed by atoms with Crippen LogP contribution in [0.1, 0.15) is 43.3 Å². The molecule has 0 aliphatic carbocycles. The fraction of sp³-hybridized carbons (Fsp3) is 0.231. The van der Waals surface area contributed by atoms with Gasteiger partial charge in [-0.25, -0.2) is 0 Å². The molecule has 231 valence electrons. The topological polar surface area (TPSA) is 43.9 Å². The van der Waals surface area contributed by atoms with E-state index in [-0.39, 0.29) is 25.7 Å². The van der Waals surface area contributed by atoms with Crippen LogP contribution in [0.4, 0.5) is 0 Å². The van der Waals surface area contributed by atoms with Crippen LogP contribution in [0.15, 0.2) is 95.5 Å². The van der Waals surface area contributed by atoms with Crippen LogP contribution >= 0.6 is 0 Å². The van der Waals surface area contributed by atoms with Crippen molar-refractivity contribution in [1.82, 2.24) is 14.5 Å². The Labute approximate surface area is 288 Å². The van der Waals surface area contributed by atoms with Crippen molar-refractivity contribution in [2.75, 3.05) is 0 Å². The number of aryl methyl sites for hydroxylation is 2. The molecule has 3 heterocycles. The Morgan fingerprint density at radius 3 is 2.47 bits per heavy atom. The Kier molecular flexibility index (Phi) is 8.31. The van der Waals surface area contributed by atoms with E-state index in [0.717, 1.165) is 67.7 Å². The van der Waals surface area contributed by atoms with E-state index < -0.39 is 26.0 Å². The Hall–Kier alpha value is -3.51. The molecule has 0 saturated heterocycles. The number of furan rings is 1. The average Bonchev–Trinajstić information content (AvgIpc) is 3.62. The molecular weight excluding hydrogens is 791 g/mol. The van der Waals surface area contributed by atoms with Crippen LogP contribution in [-0.4, -0.2) is 27.8 Å². The van der Waals surface area contributed by atoms with E-state index in [1.165, 1.54) is 10.5 Å². The molecule has 0 spiro atoms. The van der Waals surface area contributed by atoms with Gasteiger partial charge in [0.25, 0.3) is 0 Å². The standard InChI is InChI=1S/C21H15N2O.C18H24GeN.Ir/c1-2-23-18-12-5-4-11-17(18)22-21(23)16-10-7-9-15-14-8-3-6-13-19(14)24-20(15)16;1-13(2)16-11-18(15-9-7-14(3)8-10-15)20-12-17(16)19(4,5)6;/h3-9,11-13H,2H2,1H3;7-9,11-13H,1-6H3;/q2*-1;/i;3D3,13D;. The third kappa shape index (κ3) is 6.58. The van der Waals surface area contributed by atoms with Gasteiger partial charge < -0.3 is 8.98 Å². The van der Waals surface area contributed by atoms with Crippen molar-refractivity contribution in [2.45, 2.75) is 57.3 Å². The molecule has 0 unspecified atom stereocenters. The van der Waals surface area contributed by atoms with Gasteiger partial charge in [-0.15, -0.1) is 18.2 Å². The monoisotopic (exact) mass is 836 g/mol. The number of nitrogens with zero attached hydrogens (tertiary/aromatic N) is 3. The summed E-state index contributed by atoms with van der Waals surface area (Å²) in [7, 11) is 0. The molecule has 7 rings (SSSR count). The maximum atomic E-state index is 8.49. The summed E-state index contributed by atoms with van der Waals surface area (Å²) in [6.45, 7) is 4.65. The van der Waals surface area contributed by atoms with Crippen molar-refractivity contribution in [1.29, 1.82) is 0 Å². The molecule has 45 heavy (non-hydrogen) atoms. The molecular formula is C39H39GeIrN3O-2. The van der Waals surface area contributed by atoms with Crippen LogP contribution in [0.2, 0.25) is 17.3 Å². The second-order valence-corrected chi connectivity index (χ2v) is 22.8. The van der Waals surface area contributed by atoms with Crippen LogP contribution in [0, 0.1) is 19.0 Å². The van der Waals surface area contributed by atoms with Crippen LogP contribution in [-0.2, 0) is 26.7 Å². The van der Waals surface area contributed by atoms with Gasteiger partial charge in [0.2, 0.25) is 0 Å². The van der Waals surface area contributed by atoms with Gasteiger partial charge in [0.05, 0.1) is 22.4 Å². The van der Waals surface area contributed by atoms with Crippen molar-refractivity contribution >= 4 is 50.6 Å². The fourth-order valence-electron chi connectivity index (χ4n) is 5.64. The zero-order chi connectivity index (χ0) is 34.4. The number of imidazole rings is 1. The number of fused-ring (bicyclic) bond motifs is 4. The second-order valence-electron chi connectivity index (χ2n) is 12.2. The molecule has 7 aromatic rings. The fourth-order valence-corrected chi connectivity index (χ4v) is 8.96. The Bertz CT molecular complexity index is 2240. The summed E-state index contributed by atoms with van der Waals surface area (Å²) >= 11 is -2.14. The third-order valence-corrected chi connectivity index (χ3v) is 12.1. The van der Waals surface area contributed by atoms with E-state index in [0.29, 0.717) is 0 Å². The number of pyridine rings is 1. The quantitative estimate of drug-likeness (QED) is 0.128. The minimum atomic E-state index is -2.14. The van der Waals surface area contributed by atoms with Crippen molar-refractivity contribution in [3.63, 3.8) is 0 Å². The molecule has 0 bridgehead atoms. The molecule has 0 atom stereocenters. The van der Waals surface area contributed by atoms with Crippen LogP contribution in [0.5, 0.6) is 0 Å². The van der Waals surface area contributed by atoms with E-state index in [9.17, 15) is 0 Å². The first-order valence-electron chi connectivity index (χ1n) is 17.0. The van der Waals surface area contributed by atoms with Gasteiger partial charge in [0.15, 0.2) is 0 Å². The maximum Gasteiger partial charge on any atom is 0 e. The van der Waals surface area contributed by atoms with Gasteiger partial charge in [-0.1, -0.05) is 41.3 Å². The zero-order valence-corrected chi connectivity index (χ0v) is 30.9. The first kappa shape index (κ1) is 27.8. The minimum Gasteiger partial charge on any atom is 0 e. The van der Waals surface area contributed by atoms with Crippen LogP contribution in [0.25, 0.3) is 55.6 Å². The summed E-state index contributed by atoms with van der Waals surface area (Å²) in [6, 6.07) is 33.5.